The van der Waals surface area contributed by atoms with E-state index < -0.39 is 5.82 Å². The number of aromatic nitrogens is 1. The average molecular weight is 296 g/mol. The molecule has 0 atom stereocenters. The van der Waals surface area contributed by atoms with Crippen LogP contribution in [0.4, 0.5) is 15.9 Å². The summed E-state index contributed by atoms with van der Waals surface area (Å²) in [6.45, 7) is 0. The summed E-state index contributed by atoms with van der Waals surface area (Å²) in [5.74, 6) is 0.0599. The summed E-state index contributed by atoms with van der Waals surface area (Å²) in [4.78, 5) is 14.1. The van der Waals surface area contributed by atoms with Crippen molar-refractivity contribution in [2.45, 2.75) is 0 Å². The van der Waals surface area contributed by atoms with Crippen molar-refractivity contribution in [3.63, 3.8) is 0 Å². The second kappa shape index (κ2) is 5.17. The van der Waals surface area contributed by atoms with E-state index >= 15 is 0 Å². The third-order valence-corrected chi connectivity index (χ3v) is 3.29. The Labute approximate surface area is 121 Å². The lowest BCUT2D eigenvalue weighted by Gasteiger charge is -2.20. The Morgan fingerprint density at radius 2 is 1.90 bits per heavy atom. The third kappa shape index (κ3) is 2.36. The highest BCUT2D eigenvalue weighted by Gasteiger charge is 2.16. The first-order valence-electron chi connectivity index (χ1n) is 5.95. The highest BCUT2D eigenvalue weighted by molar-refractivity contribution is 6.30. The van der Waals surface area contributed by atoms with Gasteiger partial charge >= 0.3 is 0 Å². The van der Waals surface area contributed by atoms with Crippen molar-refractivity contribution in [3.05, 3.63) is 45.5 Å². The van der Waals surface area contributed by atoms with Crippen LogP contribution in [0.2, 0.25) is 5.02 Å². The van der Waals surface area contributed by atoms with Gasteiger partial charge in [-0.1, -0.05) is 11.6 Å². The topological polar surface area (TPSA) is 51.3 Å². The molecule has 0 aliphatic heterocycles. The highest BCUT2D eigenvalue weighted by Crippen LogP contribution is 2.28. The molecule has 0 aliphatic rings. The molecule has 2 rings (SSSR count). The quantitative estimate of drug-likeness (QED) is 0.926. The monoisotopic (exact) mass is 295 g/mol. The van der Waals surface area contributed by atoms with Crippen LogP contribution in [0, 0.1) is 5.82 Å². The molecule has 1 aromatic heterocycles. The largest absolute Gasteiger partial charge is 0.396 e. The van der Waals surface area contributed by atoms with E-state index in [4.69, 9.17) is 17.3 Å². The maximum absolute atomic E-state index is 13.9. The molecule has 0 bridgehead atoms. The van der Waals surface area contributed by atoms with Gasteiger partial charge in [0.25, 0.3) is 5.56 Å². The molecule has 0 spiro atoms. The van der Waals surface area contributed by atoms with E-state index in [0.29, 0.717) is 16.5 Å². The number of hydrogen-bond donors (Lipinski definition) is 1. The summed E-state index contributed by atoms with van der Waals surface area (Å²) in [6, 6.07) is 5.56. The molecule has 0 unspecified atom stereocenters. The van der Waals surface area contributed by atoms with Crippen molar-refractivity contribution in [2.75, 3.05) is 24.7 Å². The van der Waals surface area contributed by atoms with Crippen LogP contribution in [0.3, 0.4) is 0 Å². The Hall–Kier alpha value is -2.01. The van der Waals surface area contributed by atoms with Gasteiger partial charge in [-0.25, -0.2) is 4.39 Å². The number of halogens is 2. The van der Waals surface area contributed by atoms with Crippen LogP contribution in [-0.4, -0.2) is 18.7 Å². The average Bonchev–Trinajstić information content (AvgIpc) is 2.36. The van der Waals surface area contributed by atoms with Crippen molar-refractivity contribution in [2.24, 2.45) is 7.05 Å². The van der Waals surface area contributed by atoms with Crippen LogP contribution in [0.5, 0.6) is 0 Å². The molecule has 2 N–H and O–H groups in total. The SMILES string of the molecule is CN(C)c1c(N)cc(-c2cc(Cl)ccc2F)c(=O)n1C. The first-order valence-corrected chi connectivity index (χ1v) is 6.33. The zero-order valence-corrected chi connectivity index (χ0v) is 12.2. The lowest BCUT2D eigenvalue weighted by Crippen LogP contribution is -2.27. The van der Waals surface area contributed by atoms with Crippen LogP contribution in [0.15, 0.2) is 29.1 Å². The van der Waals surface area contributed by atoms with Gasteiger partial charge in [0.2, 0.25) is 0 Å². The Morgan fingerprint density at radius 1 is 1.25 bits per heavy atom. The third-order valence-electron chi connectivity index (χ3n) is 3.05. The molecule has 0 amide bonds. The standard InChI is InChI=1S/C14H15ClFN3O/c1-18(2)13-12(17)7-10(14(20)19(13)3)9-6-8(15)4-5-11(9)16/h4-7H,17H2,1-3H3. The predicted molar refractivity (Wildman–Crippen MR) is 80.8 cm³/mol. The molecule has 1 aromatic carbocycles. The smallest absolute Gasteiger partial charge is 0.259 e. The van der Waals surface area contributed by atoms with Gasteiger partial charge in [0.15, 0.2) is 0 Å². The van der Waals surface area contributed by atoms with Crippen molar-refractivity contribution in [1.82, 2.24) is 4.57 Å². The van der Waals surface area contributed by atoms with Gasteiger partial charge in [0, 0.05) is 31.7 Å². The molecule has 20 heavy (non-hydrogen) atoms. The summed E-state index contributed by atoms with van der Waals surface area (Å²) in [6.07, 6.45) is 0. The molecule has 1 heterocycles. The van der Waals surface area contributed by atoms with E-state index in [0.717, 1.165) is 0 Å². The van der Waals surface area contributed by atoms with Crippen molar-refractivity contribution in [3.8, 4) is 11.1 Å². The second-order valence-electron chi connectivity index (χ2n) is 4.72. The molecular formula is C14H15ClFN3O. The molecule has 0 fully saturated rings. The number of nitrogen functional groups attached to an aromatic ring is 1. The van der Waals surface area contributed by atoms with E-state index in [1.165, 1.54) is 28.8 Å². The molecule has 0 saturated carbocycles. The first-order chi connectivity index (χ1) is 9.32. The van der Waals surface area contributed by atoms with Crippen molar-refractivity contribution in [1.29, 1.82) is 0 Å². The van der Waals surface area contributed by atoms with E-state index in [1.807, 2.05) is 0 Å². The number of nitrogens with two attached hydrogens (primary N) is 1. The van der Waals surface area contributed by atoms with E-state index in [-0.39, 0.29) is 16.7 Å². The van der Waals surface area contributed by atoms with Crippen LogP contribution in [0.1, 0.15) is 0 Å². The van der Waals surface area contributed by atoms with Gasteiger partial charge in [-0.2, -0.15) is 0 Å². The molecule has 4 nitrogen and oxygen atoms in total. The fraction of sp³-hybridized carbons (Fsp3) is 0.214. The Morgan fingerprint density at radius 3 is 2.50 bits per heavy atom. The highest BCUT2D eigenvalue weighted by atomic mass is 35.5. The molecule has 0 aliphatic carbocycles. The van der Waals surface area contributed by atoms with Crippen LogP contribution in [0.25, 0.3) is 11.1 Å². The predicted octanol–water partition coefficient (Wildman–Crippen LogP) is 2.49. The molecule has 6 heteroatoms. The van der Waals surface area contributed by atoms with Gasteiger partial charge < -0.3 is 10.6 Å². The zero-order valence-electron chi connectivity index (χ0n) is 11.4. The Kier molecular flexibility index (Phi) is 3.72. The number of hydrogen-bond acceptors (Lipinski definition) is 3. The van der Waals surface area contributed by atoms with E-state index in [9.17, 15) is 9.18 Å². The molecule has 0 radical (unpaired) electrons. The minimum Gasteiger partial charge on any atom is -0.396 e. The fourth-order valence-electron chi connectivity index (χ4n) is 2.21. The number of benzene rings is 1. The summed E-state index contributed by atoms with van der Waals surface area (Å²) in [5.41, 5.74) is 6.36. The number of anilines is 2. The first kappa shape index (κ1) is 14.4. The minimum absolute atomic E-state index is 0.148. The molecule has 106 valence electrons. The van der Waals surface area contributed by atoms with Gasteiger partial charge in [-0.15, -0.1) is 0 Å². The maximum Gasteiger partial charge on any atom is 0.259 e. The molecule has 2 aromatic rings. The fourth-order valence-corrected chi connectivity index (χ4v) is 2.38. The lowest BCUT2D eigenvalue weighted by atomic mass is 10.1. The number of nitrogens with zero attached hydrogens (tertiary/aromatic N) is 2. The molecular weight excluding hydrogens is 281 g/mol. The van der Waals surface area contributed by atoms with Crippen LogP contribution >= 0.6 is 11.6 Å². The minimum atomic E-state index is -0.511. The lowest BCUT2D eigenvalue weighted by molar-refractivity contribution is 0.631. The second-order valence-corrected chi connectivity index (χ2v) is 5.16. The van der Waals surface area contributed by atoms with Crippen molar-refractivity contribution >= 4 is 23.1 Å². The summed E-state index contributed by atoms with van der Waals surface area (Å²) < 4.78 is 15.3. The van der Waals surface area contributed by atoms with Gasteiger partial charge in [-0.3, -0.25) is 9.36 Å². The van der Waals surface area contributed by atoms with E-state index in [1.54, 1.807) is 26.0 Å². The van der Waals surface area contributed by atoms with E-state index in [2.05, 4.69) is 0 Å². The molecule has 0 saturated heterocycles. The van der Waals surface area contributed by atoms with Crippen molar-refractivity contribution < 1.29 is 4.39 Å². The Bertz CT molecular complexity index is 725. The van der Waals surface area contributed by atoms with Gasteiger partial charge in [-0.05, 0) is 24.3 Å². The summed E-state index contributed by atoms with van der Waals surface area (Å²) in [7, 11) is 5.16. The summed E-state index contributed by atoms with van der Waals surface area (Å²) >= 11 is 5.87. The van der Waals surface area contributed by atoms with Gasteiger partial charge in [0.1, 0.15) is 11.6 Å². The summed E-state index contributed by atoms with van der Waals surface area (Å²) in [5, 5.41) is 0.360. The normalized spacial score (nSPS) is 10.7. The number of rotatable bonds is 2. The Balaban J connectivity index is 2.77. The number of pyridine rings is 1. The van der Waals surface area contributed by atoms with Crippen LogP contribution < -0.4 is 16.2 Å². The van der Waals surface area contributed by atoms with Gasteiger partial charge in [0.05, 0.1) is 11.3 Å². The maximum atomic E-state index is 13.9. The van der Waals surface area contributed by atoms with Crippen LogP contribution in [-0.2, 0) is 7.05 Å². The zero-order chi connectivity index (χ0) is 15.0.